The predicted octanol–water partition coefficient (Wildman–Crippen LogP) is 1.64. The van der Waals surface area contributed by atoms with Crippen LogP contribution in [0.3, 0.4) is 0 Å². The number of carbonyl (C=O) groups is 2. The molecule has 2 heterocycles. The SMILES string of the molecule is O=C(CCC1CCCCN1)Nc1ccc(C(=O)O)nc1. The molecule has 2 rings (SSSR count). The Labute approximate surface area is 117 Å². The van der Waals surface area contributed by atoms with Crippen molar-refractivity contribution in [1.82, 2.24) is 10.3 Å². The molecule has 1 aromatic heterocycles. The van der Waals surface area contributed by atoms with Gasteiger partial charge < -0.3 is 15.7 Å². The molecule has 0 aliphatic carbocycles. The Balaban J connectivity index is 1.77. The molecule has 0 spiro atoms. The van der Waals surface area contributed by atoms with Crippen molar-refractivity contribution in [3.63, 3.8) is 0 Å². The summed E-state index contributed by atoms with van der Waals surface area (Å²) in [5.74, 6) is -1.14. The van der Waals surface area contributed by atoms with Crippen LogP contribution in [0.1, 0.15) is 42.6 Å². The molecule has 20 heavy (non-hydrogen) atoms. The second-order valence-corrected chi connectivity index (χ2v) is 4.97. The molecule has 6 heteroatoms. The molecule has 1 fully saturated rings. The molecule has 1 aliphatic rings. The van der Waals surface area contributed by atoms with Gasteiger partial charge in [-0.15, -0.1) is 0 Å². The summed E-state index contributed by atoms with van der Waals surface area (Å²) in [4.78, 5) is 26.2. The van der Waals surface area contributed by atoms with Crippen molar-refractivity contribution in [3.05, 3.63) is 24.0 Å². The fourth-order valence-corrected chi connectivity index (χ4v) is 2.29. The van der Waals surface area contributed by atoms with Gasteiger partial charge in [0, 0.05) is 12.5 Å². The highest BCUT2D eigenvalue weighted by molar-refractivity contribution is 5.91. The summed E-state index contributed by atoms with van der Waals surface area (Å²) in [6, 6.07) is 3.36. The van der Waals surface area contributed by atoms with Crippen LogP contribution < -0.4 is 10.6 Å². The maximum atomic E-state index is 11.8. The average Bonchev–Trinajstić information content (AvgIpc) is 2.47. The van der Waals surface area contributed by atoms with Gasteiger partial charge in [-0.3, -0.25) is 4.79 Å². The summed E-state index contributed by atoms with van der Waals surface area (Å²) < 4.78 is 0. The van der Waals surface area contributed by atoms with Gasteiger partial charge in [0.25, 0.3) is 0 Å². The number of anilines is 1. The van der Waals surface area contributed by atoms with Crippen LogP contribution in [0.4, 0.5) is 5.69 Å². The smallest absolute Gasteiger partial charge is 0.354 e. The molecule has 0 radical (unpaired) electrons. The topological polar surface area (TPSA) is 91.3 Å². The van der Waals surface area contributed by atoms with Gasteiger partial charge in [-0.2, -0.15) is 0 Å². The van der Waals surface area contributed by atoms with E-state index >= 15 is 0 Å². The van der Waals surface area contributed by atoms with E-state index in [9.17, 15) is 9.59 Å². The largest absolute Gasteiger partial charge is 0.477 e. The van der Waals surface area contributed by atoms with Crippen molar-refractivity contribution in [3.8, 4) is 0 Å². The second-order valence-electron chi connectivity index (χ2n) is 4.97. The standard InChI is InChI=1S/C14H19N3O3/c18-13(7-5-10-3-1-2-8-15-10)17-11-4-6-12(14(19)20)16-9-11/h4,6,9-10,15H,1-3,5,7-8H2,(H,17,18)(H,19,20). The van der Waals surface area contributed by atoms with E-state index in [1.54, 1.807) is 6.07 Å². The van der Waals surface area contributed by atoms with Gasteiger partial charge in [0.15, 0.2) is 0 Å². The molecule has 108 valence electrons. The average molecular weight is 277 g/mol. The molecule has 0 aromatic carbocycles. The summed E-state index contributed by atoms with van der Waals surface area (Å²) in [5, 5.41) is 14.9. The zero-order chi connectivity index (χ0) is 14.4. The van der Waals surface area contributed by atoms with E-state index in [0.717, 1.165) is 19.4 Å². The minimum Gasteiger partial charge on any atom is -0.477 e. The number of carbonyl (C=O) groups excluding carboxylic acids is 1. The van der Waals surface area contributed by atoms with Crippen LogP contribution in [-0.2, 0) is 4.79 Å². The minimum atomic E-state index is -1.08. The van der Waals surface area contributed by atoms with Crippen molar-refractivity contribution >= 4 is 17.6 Å². The van der Waals surface area contributed by atoms with Gasteiger partial charge in [-0.1, -0.05) is 6.42 Å². The first-order valence-corrected chi connectivity index (χ1v) is 6.88. The van der Waals surface area contributed by atoms with Crippen LogP contribution in [0.5, 0.6) is 0 Å². The van der Waals surface area contributed by atoms with Crippen molar-refractivity contribution in [2.24, 2.45) is 0 Å². The monoisotopic (exact) mass is 277 g/mol. The molecule has 1 aliphatic heterocycles. The number of carboxylic acid groups (broad SMARTS) is 1. The minimum absolute atomic E-state index is 0.0330. The summed E-state index contributed by atoms with van der Waals surface area (Å²) in [6.07, 6.45) is 6.21. The van der Waals surface area contributed by atoms with Gasteiger partial charge in [-0.25, -0.2) is 9.78 Å². The number of hydrogen-bond donors (Lipinski definition) is 3. The zero-order valence-electron chi connectivity index (χ0n) is 11.3. The Kier molecular flexibility index (Phi) is 5.06. The van der Waals surface area contributed by atoms with Crippen LogP contribution in [0.2, 0.25) is 0 Å². The van der Waals surface area contributed by atoms with Crippen LogP contribution in [0, 0.1) is 0 Å². The molecule has 1 saturated heterocycles. The van der Waals surface area contributed by atoms with E-state index in [2.05, 4.69) is 15.6 Å². The molecule has 3 N–H and O–H groups in total. The quantitative estimate of drug-likeness (QED) is 0.761. The third-order valence-corrected chi connectivity index (χ3v) is 3.40. The van der Waals surface area contributed by atoms with Gasteiger partial charge >= 0.3 is 5.97 Å². The number of nitrogens with zero attached hydrogens (tertiary/aromatic N) is 1. The highest BCUT2D eigenvalue weighted by Crippen LogP contribution is 2.13. The van der Waals surface area contributed by atoms with Crippen LogP contribution in [0.15, 0.2) is 18.3 Å². The van der Waals surface area contributed by atoms with Crippen molar-refractivity contribution in [2.75, 3.05) is 11.9 Å². The first kappa shape index (κ1) is 14.5. The number of pyridine rings is 1. The summed E-state index contributed by atoms with van der Waals surface area (Å²) in [7, 11) is 0. The van der Waals surface area contributed by atoms with Gasteiger partial charge in [0.1, 0.15) is 5.69 Å². The zero-order valence-corrected chi connectivity index (χ0v) is 11.3. The van der Waals surface area contributed by atoms with Crippen molar-refractivity contribution in [2.45, 2.75) is 38.1 Å². The number of carboxylic acids is 1. The molecular weight excluding hydrogens is 258 g/mol. The Hall–Kier alpha value is -1.95. The fraction of sp³-hybridized carbons (Fsp3) is 0.500. The summed E-state index contributed by atoms with van der Waals surface area (Å²) in [5.41, 5.74) is 0.492. The lowest BCUT2D eigenvalue weighted by molar-refractivity contribution is -0.116. The van der Waals surface area contributed by atoms with Gasteiger partial charge in [-0.05, 0) is 37.9 Å². The van der Waals surface area contributed by atoms with Gasteiger partial charge in [0.2, 0.25) is 5.91 Å². The molecule has 1 unspecified atom stereocenters. The van der Waals surface area contributed by atoms with E-state index in [4.69, 9.17) is 5.11 Å². The predicted molar refractivity (Wildman–Crippen MR) is 74.7 cm³/mol. The number of aromatic nitrogens is 1. The number of amides is 1. The second kappa shape index (κ2) is 7.00. The Morgan fingerprint density at radius 3 is 2.85 bits per heavy atom. The summed E-state index contributed by atoms with van der Waals surface area (Å²) >= 11 is 0. The Morgan fingerprint density at radius 2 is 2.25 bits per heavy atom. The van der Waals surface area contributed by atoms with Crippen LogP contribution >= 0.6 is 0 Å². The molecule has 1 amide bonds. The normalized spacial score (nSPS) is 18.5. The number of aromatic carboxylic acids is 1. The number of hydrogen-bond acceptors (Lipinski definition) is 4. The molecular formula is C14H19N3O3. The van der Waals surface area contributed by atoms with E-state index in [1.165, 1.54) is 25.1 Å². The lowest BCUT2D eigenvalue weighted by Gasteiger charge is -2.23. The highest BCUT2D eigenvalue weighted by atomic mass is 16.4. The molecule has 6 nitrogen and oxygen atoms in total. The Morgan fingerprint density at radius 1 is 1.40 bits per heavy atom. The van der Waals surface area contributed by atoms with Gasteiger partial charge in [0.05, 0.1) is 11.9 Å². The third kappa shape index (κ3) is 4.31. The lowest BCUT2D eigenvalue weighted by atomic mass is 10.0. The fourth-order valence-electron chi connectivity index (χ4n) is 2.29. The van der Waals surface area contributed by atoms with E-state index in [-0.39, 0.29) is 11.6 Å². The lowest BCUT2D eigenvalue weighted by Crippen LogP contribution is -2.34. The maximum absolute atomic E-state index is 11.8. The molecule has 0 bridgehead atoms. The first-order chi connectivity index (χ1) is 9.65. The van der Waals surface area contributed by atoms with Crippen LogP contribution in [0.25, 0.3) is 0 Å². The molecule has 1 atom stereocenters. The van der Waals surface area contributed by atoms with E-state index < -0.39 is 5.97 Å². The van der Waals surface area contributed by atoms with Crippen LogP contribution in [-0.4, -0.2) is 34.6 Å². The van der Waals surface area contributed by atoms with Crippen molar-refractivity contribution in [1.29, 1.82) is 0 Å². The molecule has 1 aromatic rings. The van der Waals surface area contributed by atoms with E-state index in [0.29, 0.717) is 18.2 Å². The Bertz CT molecular complexity index is 467. The van der Waals surface area contributed by atoms with E-state index in [1.807, 2.05) is 0 Å². The first-order valence-electron chi connectivity index (χ1n) is 6.88. The van der Waals surface area contributed by atoms with Crippen molar-refractivity contribution < 1.29 is 14.7 Å². The summed E-state index contributed by atoms with van der Waals surface area (Å²) in [6.45, 7) is 1.03. The number of nitrogens with one attached hydrogen (secondary N) is 2. The molecule has 0 saturated carbocycles. The maximum Gasteiger partial charge on any atom is 0.354 e. The highest BCUT2D eigenvalue weighted by Gasteiger charge is 2.14. The number of piperidine rings is 1. The number of rotatable bonds is 5. The third-order valence-electron chi connectivity index (χ3n) is 3.40.